The van der Waals surface area contributed by atoms with Crippen LogP contribution in [0.4, 0.5) is 4.79 Å². The quantitative estimate of drug-likeness (QED) is 0.698. The van der Waals surface area contributed by atoms with Gasteiger partial charge in [-0.3, -0.25) is 9.59 Å². The molecular formula is C25H29N3O3. The second kappa shape index (κ2) is 8.92. The van der Waals surface area contributed by atoms with E-state index in [1.54, 1.807) is 11.8 Å². The predicted molar refractivity (Wildman–Crippen MR) is 118 cm³/mol. The molecule has 6 nitrogen and oxygen atoms in total. The monoisotopic (exact) mass is 419 g/mol. The van der Waals surface area contributed by atoms with Crippen LogP contribution in [0.25, 0.3) is 0 Å². The SMILES string of the molecule is CC(C(=O)N(CCc1ccccc1)Cc1ccccc1)N1C(=O)NC2(CCCC2)C1=O. The number of hydrogen-bond donors (Lipinski definition) is 1. The van der Waals surface area contributed by atoms with E-state index in [1.807, 2.05) is 60.7 Å². The molecule has 1 unspecified atom stereocenters. The fourth-order valence-electron chi connectivity index (χ4n) is 4.66. The fraction of sp³-hybridized carbons (Fsp3) is 0.400. The van der Waals surface area contributed by atoms with E-state index >= 15 is 0 Å². The van der Waals surface area contributed by atoms with E-state index < -0.39 is 17.6 Å². The number of benzene rings is 2. The lowest BCUT2D eigenvalue weighted by Gasteiger charge is -2.30. The molecule has 2 aliphatic rings. The van der Waals surface area contributed by atoms with Crippen LogP contribution in [0.3, 0.4) is 0 Å². The van der Waals surface area contributed by atoms with Crippen molar-refractivity contribution in [2.75, 3.05) is 6.54 Å². The zero-order chi connectivity index (χ0) is 21.8. The van der Waals surface area contributed by atoms with Crippen LogP contribution in [0.2, 0.25) is 0 Å². The van der Waals surface area contributed by atoms with Gasteiger partial charge in [-0.05, 0) is 37.3 Å². The summed E-state index contributed by atoms with van der Waals surface area (Å²) in [6.45, 7) is 2.61. The summed E-state index contributed by atoms with van der Waals surface area (Å²) in [6.07, 6.45) is 3.84. The highest BCUT2D eigenvalue weighted by atomic mass is 16.2. The molecule has 6 heteroatoms. The number of imide groups is 1. The molecule has 2 aromatic carbocycles. The molecule has 0 radical (unpaired) electrons. The average molecular weight is 420 g/mol. The Labute approximate surface area is 183 Å². The maximum absolute atomic E-state index is 13.5. The van der Waals surface area contributed by atoms with Gasteiger partial charge in [0.15, 0.2) is 0 Å². The van der Waals surface area contributed by atoms with E-state index in [2.05, 4.69) is 5.32 Å². The molecule has 1 N–H and O–H groups in total. The lowest BCUT2D eigenvalue weighted by molar-refractivity contribution is -0.143. The average Bonchev–Trinajstić information content (AvgIpc) is 3.36. The topological polar surface area (TPSA) is 69.7 Å². The van der Waals surface area contributed by atoms with Gasteiger partial charge in [0, 0.05) is 13.1 Å². The minimum Gasteiger partial charge on any atom is -0.336 e. The number of nitrogens with one attached hydrogen (secondary N) is 1. The number of carbonyl (C=O) groups is 3. The molecule has 0 bridgehead atoms. The molecule has 1 saturated carbocycles. The highest BCUT2D eigenvalue weighted by Gasteiger charge is 2.54. The Morgan fingerprint density at radius 3 is 2.19 bits per heavy atom. The molecular weight excluding hydrogens is 390 g/mol. The molecule has 2 aromatic rings. The first-order valence-corrected chi connectivity index (χ1v) is 11.0. The van der Waals surface area contributed by atoms with Gasteiger partial charge in [-0.1, -0.05) is 73.5 Å². The number of hydrogen-bond acceptors (Lipinski definition) is 3. The molecule has 1 aliphatic carbocycles. The van der Waals surface area contributed by atoms with Crippen molar-refractivity contribution in [1.29, 1.82) is 0 Å². The normalized spacial score (nSPS) is 18.3. The van der Waals surface area contributed by atoms with Crippen molar-refractivity contribution in [3.05, 3.63) is 71.8 Å². The lowest BCUT2D eigenvalue weighted by Crippen LogP contribution is -2.51. The van der Waals surface area contributed by atoms with E-state index in [0.717, 1.165) is 28.9 Å². The zero-order valence-electron chi connectivity index (χ0n) is 17.9. The van der Waals surface area contributed by atoms with Gasteiger partial charge in [0.2, 0.25) is 5.91 Å². The first-order chi connectivity index (χ1) is 15.0. The second-order valence-electron chi connectivity index (χ2n) is 8.55. The summed E-state index contributed by atoms with van der Waals surface area (Å²) in [5, 5.41) is 2.88. The molecule has 162 valence electrons. The Bertz CT molecular complexity index is 939. The van der Waals surface area contributed by atoms with Crippen molar-refractivity contribution < 1.29 is 14.4 Å². The van der Waals surface area contributed by atoms with Crippen LogP contribution in [-0.4, -0.2) is 45.8 Å². The van der Waals surface area contributed by atoms with Crippen molar-refractivity contribution in [2.24, 2.45) is 0 Å². The first-order valence-electron chi connectivity index (χ1n) is 11.0. The molecule has 1 heterocycles. The predicted octanol–water partition coefficient (Wildman–Crippen LogP) is 3.51. The standard InChI is InChI=1S/C25H29N3O3/c1-19(28-23(30)25(26-24(28)31)15-8-9-16-25)22(29)27(18-21-12-6-3-7-13-21)17-14-20-10-4-2-5-11-20/h2-7,10-13,19H,8-9,14-18H2,1H3,(H,26,31). The minimum absolute atomic E-state index is 0.210. The van der Waals surface area contributed by atoms with Crippen LogP contribution in [0.1, 0.15) is 43.7 Å². The fourth-order valence-corrected chi connectivity index (χ4v) is 4.66. The Hall–Kier alpha value is -3.15. The lowest BCUT2D eigenvalue weighted by atomic mass is 9.97. The van der Waals surface area contributed by atoms with E-state index in [4.69, 9.17) is 0 Å². The number of rotatable bonds is 7. The molecule has 4 amide bonds. The molecule has 1 aliphatic heterocycles. The third kappa shape index (κ3) is 4.33. The van der Waals surface area contributed by atoms with Gasteiger partial charge in [-0.25, -0.2) is 9.69 Å². The van der Waals surface area contributed by atoms with Crippen molar-refractivity contribution in [3.63, 3.8) is 0 Å². The maximum Gasteiger partial charge on any atom is 0.325 e. The maximum atomic E-state index is 13.5. The Balaban J connectivity index is 1.52. The highest BCUT2D eigenvalue weighted by molar-refractivity contribution is 6.09. The molecule has 2 fully saturated rings. The van der Waals surface area contributed by atoms with Crippen LogP contribution < -0.4 is 5.32 Å². The first kappa shape index (κ1) is 21.1. The van der Waals surface area contributed by atoms with Crippen LogP contribution in [-0.2, 0) is 22.6 Å². The van der Waals surface area contributed by atoms with Gasteiger partial charge in [0.25, 0.3) is 5.91 Å². The number of amides is 4. The molecule has 4 rings (SSSR count). The number of nitrogens with zero attached hydrogens (tertiary/aromatic N) is 2. The summed E-state index contributed by atoms with van der Waals surface area (Å²) in [4.78, 5) is 42.2. The molecule has 1 spiro atoms. The zero-order valence-corrected chi connectivity index (χ0v) is 17.9. The number of urea groups is 1. The van der Waals surface area contributed by atoms with E-state index in [1.165, 1.54) is 0 Å². The Morgan fingerprint density at radius 1 is 1.00 bits per heavy atom. The van der Waals surface area contributed by atoms with Crippen molar-refractivity contribution >= 4 is 17.8 Å². The molecule has 0 aromatic heterocycles. The molecule has 1 saturated heterocycles. The number of carbonyl (C=O) groups excluding carboxylic acids is 3. The summed E-state index contributed by atoms with van der Waals surface area (Å²) in [7, 11) is 0. The van der Waals surface area contributed by atoms with Crippen molar-refractivity contribution in [2.45, 2.75) is 57.2 Å². The van der Waals surface area contributed by atoms with Gasteiger partial charge in [0.05, 0.1) is 0 Å². The van der Waals surface area contributed by atoms with Crippen LogP contribution in [0, 0.1) is 0 Å². The summed E-state index contributed by atoms with van der Waals surface area (Å²) >= 11 is 0. The van der Waals surface area contributed by atoms with Crippen molar-refractivity contribution in [3.8, 4) is 0 Å². The van der Waals surface area contributed by atoms with Crippen molar-refractivity contribution in [1.82, 2.24) is 15.1 Å². The Kier molecular flexibility index (Phi) is 6.07. The molecule has 31 heavy (non-hydrogen) atoms. The van der Waals surface area contributed by atoms with Crippen LogP contribution >= 0.6 is 0 Å². The van der Waals surface area contributed by atoms with E-state index in [-0.39, 0.29) is 11.8 Å². The largest absolute Gasteiger partial charge is 0.336 e. The Morgan fingerprint density at radius 2 is 1.58 bits per heavy atom. The van der Waals surface area contributed by atoms with Gasteiger partial charge in [-0.15, -0.1) is 0 Å². The van der Waals surface area contributed by atoms with E-state index in [0.29, 0.717) is 32.4 Å². The summed E-state index contributed by atoms with van der Waals surface area (Å²) in [5.74, 6) is -0.461. The minimum atomic E-state index is -0.841. The third-order valence-electron chi connectivity index (χ3n) is 6.44. The third-order valence-corrected chi connectivity index (χ3v) is 6.44. The smallest absolute Gasteiger partial charge is 0.325 e. The summed E-state index contributed by atoms with van der Waals surface area (Å²) in [6, 6.07) is 18.5. The molecule has 1 atom stereocenters. The van der Waals surface area contributed by atoms with E-state index in [9.17, 15) is 14.4 Å². The van der Waals surface area contributed by atoms with Gasteiger partial charge < -0.3 is 10.2 Å². The summed E-state index contributed by atoms with van der Waals surface area (Å²) < 4.78 is 0. The van der Waals surface area contributed by atoms with Gasteiger partial charge in [-0.2, -0.15) is 0 Å². The second-order valence-corrected chi connectivity index (χ2v) is 8.55. The van der Waals surface area contributed by atoms with Gasteiger partial charge in [0.1, 0.15) is 11.6 Å². The van der Waals surface area contributed by atoms with Crippen LogP contribution in [0.15, 0.2) is 60.7 Å². The highest BCUT2D eigenvalue weighted by Crippen LogP contribution is 2.36. The summed E-state index contributed by atoms with van der Waals surface area (Å²) in [5.41, 5.74) is 1.35. The van der Waals surface area contributed by atoms with Crippen LogP contribution in [0.5, 0.6) is 0 Å². The van der Waals surface area contributed by atoms with Gasteiger partial charge >= 0.3 is 6.03 Å².